The van der Waals surface area contributed by atoms with Crippen molar-refractivity contribution in [3.05, 3.63) is 23.9 Å². The fourth-order valence-electron chi connectivity index (χ4n) is 1.33. The first-order chi connectivity index (χ1) is 9.34. The van der Waals surface area contributed by atoms with Crippen LogP contribution in [0, 0.1) is 0 Å². The maximum Gasteiger partial charge on any atom is 0.433 e. The Kier molecular flexibility index (Phi) is 6.50. The maximum absolute atomic E-state index is 11.9. The minimum absolute atomic E-state index is 0.462. The molecule has 9 heteroatoms. The second-order valence-corrected chi connectivity index (χ2v) is 5.08. The highest BCUT2D eigenvalue weighted by Gasteiger charge is 2.32. The lowest BCUT2D eigenvalue weighted by Crippen LogP contribution is -2.32. The second-order valence-electron chi connectivity index (χ2n) is 3.93. The van der Waals surface area contributed by atoms with Crippen molar-refractivity contribution in [2.75, 3.05) is 11.5 Å². The zero-order chi connectivity index (χ0) is 15.2. The third kappa shape index (κ3) is 5.51. The molecule has 2 N–H and O–H groups in total. The van der Waals surface area contributed by atoms with Gasteiger partial charge in [0.15, 0.2) is 0 Å². The van der Waals surface area contributed by atoms with Gasteiger partial charge in [0, 0.05) is 16.3 Å². The summed E-state index contributed by atoms with van der Waals surface area (Å²) >= 11 is 1.70. The molecule has 0 aliphatic carbocycles. The Morgan fingerprint density at radius 1 is 1.25 bits per heavy atom. The summed E-state index contributed by atoms with van der Waals surface area (Å²) in [6.07, 6.45) is -4.77. The van der Waals surface area contributed by atoms with Crippen LogP contribution in [0.1, 0.15) is 12.1 Å². The van der Waals surface area contributed by atoms with E-state index >= 15 is 0 Å². The monoisotopic (exact) mass is 315 g/mol. The first kappa shape index (κ1) is 17.0. The third-order valence-corrected chi connectivity index (χ3v) is 3.49. The molecule has 2 rings (SSSR count). The molecular weight excluding hydrogens is 302 g/mol. The summed E-state index contributed by atoms with van der Waals surface area (Å²) in [7, 11) is 0. The van der Waals surface area contributed by atoms with Gasteiger partial charge in [-0.2, -0.15) is 24.9 Å². The molecule has 1 fully saturated rings. The quantitative estimate of drug-likeness (QED) is 0.778. The van der Waals surface area contributed by atoms with Crippen LogP contribution < -0.4 is 4.94 Å². The number of aromatic nitrogens is 1. The molecule has 1 aliphatic heterocycles. The van der Waals surface area contributed by atoms with Gasteiger partial charge in [-0.05, 0) is 18.2 Å². The Morgan fingerprint density at radius 2 is 1.95 bits per heavy atom. The molecule has 0 aromatic carbocycles. The first-order valence-corrected chi connectivity index (χ1v) is 6.76. The molecular formula is C11H13F4NO3S. The number of pyridine rings is 1. The number of nitrogens with zero attached hydrogens (tertiary/aromatic N) is 1. The Labute approximate surface area is 116 Å². The molecule has 2 atom stereocenters. The van der Waals surface area contributed by atoms with E-state index in [0.717, 1.165) is 30.4 Å². The van der Waals surface area contributed by atoms with Gasteiger partial charge in [0.2, 0.25) is 0 Å². The van der Waals surface area contributed by atoms with Crippen LogP contribution in [-0.4, -0.2) is 38.9 Å². The van der Waals surface area contributed by atoms with Crippen LogP contribution in [0.4, 0.5) is 17.7 Å². The zero-order valence-corrected chi connectivity index (χ0v) is 11.0. The number of alkyl halides is 3. The molecule has 1 aromatic rings. The molecule has 1 saturated heterocycles. The molecule has 0 bridgehead atoms. The van der Waals surface area contributed by atoms with E-state index in [1.807, 2.05) is 0 Å². The molecule has 0 radical (unpaired) electrons. The van der Waals surface area contributed by atoms with Crippen molar-refractivity contribution in [3.8, 4) is 5.88 Å². The lowest BCUT2D eigenvalue weighted by molar-refractivity contribution is -0.142. The van der Waals surface area contributed by atoms with E-state index in [0.29, 0.717) is 5.75 Å². The summed E-state index contributed by atoms with van der Waals surface area (Å²) in [5.41, 5.74) is -1.18. The molecule has 20 heavy (non-hydrogen) atoms. The third-order valence-electron chi connectivity index (χ3n) is 2.38. The molecule has 1 aliphatic rings. The molecule has 2 heterocycles. The van der Waals surface area contributed by atoms with Crippen LogP contribution in [0.3, 0.4) is 0 Å². The van der Waals surface area contributed by atoms with Crippen LogP contribution in [0.5, 0.6) is 5.88 Å². The number of hydrogen-bond acceptors (Lipinski definition) is 5. The highest BCUT2D eigenvalue weighted by atomic mass is 32.2. The van der Waals surface area contributed by atoms with Gasteiger partial charge in [0.1, 0.15) is 5.69 Å². The predicted molar refractivity (Wildman–Crippen MR) is 64.9 cm³/mol. The summed E-state index contributed by atoms with van der Waals surface area (Å²) in [5, 5.41) is 17.8. The van der Waals surface area contributed by atoms with E-state index in [4.69, 9.17) is 10.2 Å². The Morgan fingerprint density at radius 3 is 2.40 bits per heavy atom. The molecule has 0 amide bonds. The standard InChI is InChI=1S/C6H3F4NO.C5H10O2S/c7-6(8,9)4-2-1-3-5(11-4)12-10;6-4-1-2-8-3-5(4)7/h1-3H;4-7H,1-3H2. The minimum atomic E-state index is -4.57. The molecule has 1 aromatic heterocycles. The number of aliphatic hydroxyl groups is 2. The predicted octanol–water partition coefficient (Wildman–Crippen LogP) is 2.21. The lowest BCUT2D eigenvalue weighted by Gasteiger charge is -2.21. The molecule has 114 valence electrons. The van der Waals surface area contributed by atoms with Gasteiger partial charge in [-0.1, -0.05) is 6.07 Å². The normalized spacial score (nSPS) is 22.7. The topological polar surface area (TPSA) is 62.6 Å². The van der Waals surface area contributed by atoms with E-state index in [1.165, 1.54) is 0 Å². The van der Waals surface area contributed by atoms with Crippen LogP contribution in [0.2, 0.25) is 0 Å². The highest BCUT2D eigenvalue weighted by Crippen LogP contribution is 2.28. The van der Waals surface area contributed by atoms with Gasteiger partial charge in [-0.15, -0.1) is 0 Å². The van der Waals surface area contributed by atoms with Crippen molar-refractivity contribution in [1.82, 2.24) is 4.98 Å². The second kappa shape index (κ2) is 7.65. The fourth-order valence-corrected chi connectivity index (χ4v) is 2.37. The summed E-state index contributed by atoms with van der Waals surface area (Å²) in [6, 6.07) is 2.71. The number of thioether (sulfide) groups is 1. The lowest BCUT2D eigenvalue weighted by atomic mass is 10.2. The van der Waals surface area contributed by atoms with E-state index in [2.05, 4.69) is 9.93 Å². The van der Waals surface area contributed by atoms with E-state index < -0.39 is 30.0 Å². The highest BCUT2D eigenvalue weighted by molar-refractivity contribution is 7.99. The van der Waals surface area contributed by atoms with Crippen molar-refractivity contribution in [1.29, 1.82) is 0 Å². The van der Waals surface area contributed by atoms with Gasteiger partial charge in [-0.25, -0.2) is 4.98 Å². The van der Waals surface area contributed by atoms with Crippen molar-refractivity contribution < 1.29 is 32.9 Å². The van der Waals surface area contributed by atoms with Gasteiger partial charge in [0.05, 0.1) is 12.2 Å². The van der Waals surface area contributed by atoms with Gasteiger partial charge >= 0.3 is 6.18 Å². The van der Waals surface area contributed by atoms with Crippen molar-refractivity contribution in [3.63, 3.8) is 0 Å². The molecule has 2 unspecified atom stereocenters. The zero-order valence-electron chi connectivity index (χ0n) is 10.2. The first-order valence-electron chi connectivity index (χ1n) is 5.61. The number of hydrogen-bond donors (Lipinski definition) is 2. The summed E-state index contributed by atoms with van der Waals surface area (Å²) < 4.78 is 47.0. The molecule has 0 saturated carbocycles. The Bertz CT molecular complexity index is 409. The molecule has 0 spiro atoms. The van der Waals surface area contributed by atoms with Gasteiger partial charge in [0.25, 0.3) is 5.88 Å². The SMILES string of the molecule is FOc1cccc(C(F)(F)F)n1.OC1CCSCC1O. The Balaban J connectivity index is 0.000000217. The van der Waals surface area contributed by atoms with Crippen molar-refractivity contribution in [2.45, 2.75) is 24.8 Å². The van der Waals surface area contributed by atoms with Gasteiger partial charge < -0.3 is 10.2 Å². The van der Waals surface area contributed by atoms with Crippen LogP contribution >= 0.6 is 11.8 Å². The molecule has 4 nitrogen and oxygen atoms in total. The average Bonchev–Trinajstić information content (AvgIpc) is 2.42. The maximum atomic E-state index is 11.9. The van der Waals surface area contributed by atoms with E-state index in [9.17, 15) is 17.7 Å². The van der Waals surface area contributed by atoms with Crippen molar-refractivity contribution in [2.24, 2.45) is 0 Å². The van der Waals surface area contributed by atoms with E-state index in [-0.39, 0.29) is 0 Å². The summed E-state index contributed by atoms with van der Waals surface area (Å²) in [5.74, 6) is 0.976. The van der Waals surface area contributed by atoms with Crippen LogP contribution in [-0.2, 0) is 6.18 Å². The van der Waals surface area contributed by atoms with Crippen molar-refractivity contribution >= 4 is 11.8 Å². The smallest absolute Gasteiger partial charge is 0.390 e. The largest absolute Gasteiger partial charge is 0.433 e. The number of rotatable bonds is 1. The average molecular weight is 315 g/mol. The van der Waals surface area contributed by atoms with Gasteiger partial charge in [-0.3, -0.25) is 4.94 Å². The minimum Gasteiger partial charge on any atom is -0.390 e. The Hall–Kier alpha value is -1.06. The fraction of sp³-hybridized carbons (Fsp3) is 0.545. The van der Waals surface area contributed by atoms with Crippen LogP contribution in [0.15, 0.2) is 18.2 Å². The number of aliphatic hydroxyl groups excluding tert-OH is 2. The van der Waals surface area contributed by atoms with Crippen LogP contribution in [0.25, 0.3) is 0 Å². The summed E-state index contributed by atoms with van der Waals surface area (Å²) in [4.78, 5) is 5.88. The summed E-state index contributed by atoms with van der Waals surface area (Å²) in [6.45, 7) is 0. The number of halogens is 4. The van der Waals surface area contributed by atoms with E-state index in [1.54, 1.807) is 11.8 Å².